The van der Waals surface area contributed by atoms with Crippen LogP contribution in [0, 0.1) is 0 Å². The first-order valence-corrected chi connectivity index (χ1v) is 10.6. The van der Waals surface area contributed by atoms with Gasteiger partial charge in [0.1, 0.15) is 18.1 Å². The number of carboxylic acids is 1. The van der Waals surface area contributed by atoms with E-state index in [1.165, 1.54) is 31.2 Å². The molecule has 1 rings (SSSR count). The lowest BCUT2D eigenvalue weighted by Crippen LogP contribution is -2.58. The SMILES string of the molecule is CSCCC(N)C(=O)NC(CO)C(=O)NC(Cc1cnc[nH]1)C(=O)NC(C)C(=O)O. The zero-order valence-corrected chi connectivity index (χ0v) is 17.6. The molecule has 0 saturated carbocycles. The fourth-order valence-electron chi connectivity index (χ4n) is 2.32. The molecule has 1 aromatic heterocycles. The van der Waals surface area contributed by atoms with E-state index in [2.05, 4.69) is 25.9 Å². The first-order chi connectivity index (χ1) is 14.2. The first kappa shape index (κ1) is 25.4. The van der Waals surface area contributed by atoms with Crippen molar-refractivity contribution in [3.8, 4) is 0 Å². The standard InChI is InChI=1S/C17H28N6O6S/c1-9(17(28)29)21-15(26)12(5-10-6-19-8-20-10)22-16(27)13(7-24)23-14(25)11(18)3-4-30-2/h6,8-9,11-13,24H,3-5,7,18H2,1-2H3,(H,19,20)(H,21,26)(H,22,27)(H,23,25)(H,28,29). The number of aliphatic hydroxyl groups is 1. The number of carbonyl (C=O) groups excluding carboxylic acids is 3. The van der Waals surface area contributed by atoms with Crippen LogP contribution < -0.4 is 21.7 Å². The number of imidazole rings is 1. The van der Waals surface area contributed by atoms with Crippen LogP contribution in [0.4, 0.5) is 0 Å². The van der Waals surface area contributed by atoms with E-state index in [1.54, 1.807) is 0 Å². The summed E-state index contributed by atoms with van der Waals surface area (Å²) >= 11 is 1.52. The summed E-state index contributed by atoms with van der Waals surface area (Å²) < 4.78 is 0. The van der Waals surface area contributed by atoms with Gasteiger partial charge in [-0.15, -0.1) is 0 Å². The maximum Gasteiger partial charge on any atom is 0.325 e. The number of hydrogen-bond donors (Lipinski definition) is 7. The van der Waals surface area contributed by atoms with Crippen molar-refractivity contribution in [1.82, 2.24) is 25.9 Å². The van der Waals surface area contributed by atoms with Crippen molar-refractivity contribution in [1.29, 1.82) is 0 Å². The summed E-state index contributed by atoms with van der Waals surface area (Å²) in [6.07, 6.45) is 5.08. The highest BCUT2D eigenvalue weighted by Gasteiger charge is 2.29. The van der Waals surface area contributed by atoms with Crippen molar-refractivity contribution in [2.75, 3.05) is 18.6 Å². The Morgan fingerprint density at radius 1 is 1.17 bits per heavy atom. The highest BCUT2D eigenvalue weighted by molar-refractivity contribution is 7.98. The molecule has 0 bridgehead atoms. The van der Waals surface area contributed by atoms with Crippen molar-refractivity contribution in [3.63, 3.8) is 0 Å². The zero-order chi connectivity index (χ0) is 22.7. The number of aromatic nitrogens is 2. The van der Waals surface area contributed by atoms with E-state index in [4.69, 9.17) is 10.8 Å². The van der Waals surface area contributed by atoms with Gasteiger partial charge in [-0.3, -0.25) is 19.2 Å². The number of carbonyl (C=O) groups is 4. The topological polar surface area (TPSA) is 200 Å². The van der Waals surface area contributed by atoms with Crippen LogP contribution in [-0.2, 0) is 25.6 Å². The van der Waals surface area contributed by atoms with Crippen LogP contribution in [0.25, 0.3) is 0 Å². The molecule has 4 atom stereocenters. The molecule has 0 saturated heterocycles. The average Bonchev–Trinajstić information content (AvgIpc) is 3.22. The molecule has 0 aliphatic carbocycles. The van der Waals surface area contributed by atoms with Crippen LogP contribution in [-0.4, -0.2) is 86.7 Å². The van der Waals surface area contributed by atoms with E-state index in [1.807, 2.05) is 6.26 Å². The van der Waals surface area contributed by atoms with E-state index in [0.29, 0.717) is 17.9 Å². The smallest absolute Gasteiger partial charge is 0.325 e. The summed E-state index contributed by atoms with van der Waals surface area (Å²) in [5.41, 5.74) is 6.28. The molecule has 0 spiro atoms. The molecule has 0 radical (unpaired) electrons. The molecule has 0 aliphatic heterocycles. The minimum atomic E-state index is -1.33. The predicted molar refractivity (Wildman–Crippen MR) is 109 cm³/mol. The van der Waals surface area contributed by atoms with Crippen molar-refractivity contribution < 1.29 is 29.4 Å². The number of aliphatic hydroxyl groups excluding tert-OH is 1. The maximum absolute atomic E-state index is 12.6. The van der Waals surface area contributed by atoms with Crippen molar-refractivity contribution >= 4 is 35.5 Å². The zero-order valence-electron chi connectivity index (χ0n) is 16.8. The third kappa shape index (κ3) is 8.39. The van der Waals surface area contributed by atoms with Crippen LogP contribution in [0.1, 0.15) is 19.0 Å². The van der Waals surface area contributed by atoms with Gasteiger partial charge >= 0.3 is 5.97 Å². The number of thioether (sulfide) groups is 1. The van der Waals surface area contributed by atoms with Crippen LogP contribution in [0.2, 0.25) is 0 Å². The monoisotopic (exact) mass is 444 g/mol. The molecule has 0 fully saturated rings. The van der Waals surface area contributed by atoms with Crippen molar-refractivity contribution in [2.45, 2.75) is 43.9 Å². The largest absolute Gasteiger partial charge is 0.480 e. The maximum atomic E-state index is 12.6. The summed E-state index contributed by atoms with van der Waals surface area (Å²) in [6.45, 7) is 0.568. The van der Waals surface area contributed by atoms with Gasteiger partial charge in [-0.1, -0.05) is 0 Å². The van der Waals surface area contributed by atoms with E-state index in [0.717, 1.165) is 0 Å². The Kier molecular flexibility index (Phi) is 10.9. The molecule has 30 heavy (non-hydrogen) atoms. The van der Waals surface area contributed by atoms with Gasteiger partial charge in [-0.05, 0) is 25.4 Å². The Hall–Kier alpha value is -2.64. The number of hydrogen-bond acceptors (Lipinski definition) is 8. The average molecular weight is 445 g/mol. The Morgan fingerprint density at radius 2 is 1.80 bits per heavy atom. The third-order valence-electron chi connectivity index (χ3n) is 4.13. The second kappa shape index (κ2) is 12.8. The van der Waals surface area contributed by atoms with E-state index >= 15 is 0 Å². The second-order valence-electron chi connectivity index (χ2n) is 6.54. The van der Waals surface area contributed by atoms with Gasteiger partial charge in [0.15, 0.2) is 0 Å². The van der Waals surface area contributed by atoms with Crippen LogP contribution in [0.5, 0.6) is 0 Å². The van der Waals surface area contributed by atoms with Crippen molar-refractivity contribution in [3.05, 3.63) is 18.2 Å². The van der Waals surface area contributed by atoms with Gasteiger partial charge in [0.05, 0.1) is 19.0 Å². The van der Waals surface area contributed by atoms with Gasteiger partial charge < -0.3 is 36.9 Å². The number of aromatic amines is 1. The molecule has 1 aromatic rings. The number of nitrogens with zero attached hydrogens (tertiary/aromatic N) is 1. The van der Waals surface area contributed by atoms with Gasteiger partial charge in [-0.2, -0.15) is 11.8 Å². The summed E-state index contributed by atoms with van der Waals surface area (Å²) in [5.74, 6) is -2.75. The Labute approximate surface area is 177 Å². The normalized spacial score (nSPS) is 14.8. The Bertz CT molecular complexity index is 716. The molecule has 3 amide bonds. The van der Waals surface area contributed by atoms with Crippen LogP contribution >= 0.6 is 11.8 Å². The van der Waals surface area contributed by atoms with Gasteiger partial charge in [0, 0.05) is 18.3 Å². The molecule has 8 N–H and O–H groups in total. The highest BCUT2D eigenvalue weighted by atomic mass is 32.2. The lowest BCUT2D eigenvalue weighted by molar-refractivity contribution is -0.141. The van der Waals surface area contributed by atoms with E-state index in [-0.39, 0.29) is 6.42 Å². The molecule has 168 valence electrons. The lowest BCUT2D eigenvalue weighted by atomic mass is 10.1. The molecule has 13 heteroatoms. The fraction of sp³-hybridized carbons (Fsp3) is 0.588. The van der Waals surface area contributed by atoms with Crippen molar-refractivity contribution in [2.24, 2.45) is 5.73 Å². The number of H-pyrrole nitrogens is 1. The minimum absolute atomic E-state index is 0.0107. The van der Waals surface area contributed by atoms with Gasteiger partial charge in [0.25, 0.3) is 0 Å². The Balaban J connectivity index is 2.83. The number of nitrogens with two attached hydrogens (primary N) is 1. The molecule has 0 aromatic carbocycles. The number of rotatable bonds is 13. The molecule has 0 aliphatic rings. The number of nitrogens with one attached hydrogen (secondary N) is 4. The highest BCUT2D eigenvalue weighted by Crippen LogP contribution is 2.02. The summed E-state index contributed by atoms with van der Waals surface area (Å²) in [5, 5.41) is 25.6. The Morgan fingerprint density at radius 3 is 2.33 bits per heavy atom. The van der Waals surface area contributed by atoms with Crippen LogP contribution in [0.15, 0.2) is 12.5 Å². The van der Waals surface area contributed by atoms with Gasteiger partial charge in [0.2, 0.25) is 17.7 Å². The quantitative estimate of drug-likeness (QED) is 0.173. The second-order valence-corrected chi connectivity index (χ2v) is 7.53. The van der Waals surface area contributed by atoms with E-state index in [9.17, 15) is 24.3 Å². The number of carboxylic acid groups (broad SMARTS) is 1. The number of amides is 3. The summed E-state index contributed by atoms with van der Waals surface area (Å²) in [4.78, 5) is 54.8. The number of aliphatic carboxylic acids is 1. The molecule has 1 heterocycles. The molecule has 4 unspecified atom stereocenters. The minimum Gasteiger partial charge on any atom is -0.480 e. The van der Waals surface area contributed by atoms with Crippen LogP contribution in [0.3, 0.4) is 0 Å². The lowest BCUT2D eigenvalue weighted by Gasteiger charge is -2.23. The first-order valence-electron chi connectivity index (χ1n) is 9.16. The molecule has 12 nitrogen and oxygen atoms in total. The van der Waals surface area contributed by atoms with Gasteiger partial charge in [-0.25, -0.2) is 4.98 Å². The summed E-state index contributed by atoms with van der Waals surface area (Å²) in [6, 6.07) is -4.52. The third-order valence-corrected chi connectivity index (χ3v) is 4.77. The molecular formula is C17H28N6O6S. The van der Waals surface area contributed by atoms with E-state index < -0.39 is 54.5 Å². The fourth-order valence-corrected chi connectivity index (χ4v) is 2.81. The predicted octanol–water partition coefficient (Wildman–Crippen LogP) is -2.42. The summed E-state index contributed by atoms with van der Waals surface area (Å²) in [7, 11) is 0. The molecular weight excluding hydrogens is 416 g/mol.